The molecule has 4 heterocycles. The molecule has 1 aliphatic rings. The summed E-state index contributed by atoms with van der Waals surface area (Å²) >= 11 is 0. The van der Waals surface area contributed by atoms with Gasteiger partial charge in [0.25, 0.3) is 5.56 Å². The summed E-state index contributed by atoms with van der Waals surface area (Å²) in [5, 5.41) is 15.9. The van der Waals surface area contributed by atoms with Crippen LogP contribution in [0, 0.1) is 11.3 Å². The number of ether oxygens (including phenoxy) is 1. The standard InChI is InChI=1S/C24H24N8O2/c1-2-31-23(33)19-15-27-24(28-17-8-6-16(14-25)7-9-17)30-22(19)32(31)20-4-3-5-21(29-20)34-18-10-12-26-13-11-18/h3-9,15,18,26H,2,10-13H2,1H3,(H,27,28,30). The monoisotopic (exact) mass is 456 g/mol. The Morgan fingerprint density at radius 2 is 1.97 bits per heavy atom. The first-order chi connectivity index (χ1) is 16.7. The number of aromatic nitrogens is 5. The van der Waals surface area contributed by atoms with Crippen LogP contribution in [0.3, 0.4) is 0 Å². The van der Waals surface area contributed by atoms with Crippen molar-refractivity contribution in [1.82, 2.24) is 29.6 Å². The van der Waals surface area contributed by atoms with E-state index >= 15 is 0 Å². The molecule has 5 rings (SSSR count). The molecule has 2 N–H and O–H groups in total. The van der Waals surface area contributed by atoms with Gasteiger partial charge in [0.05, 0.1) is 11.6 Å². The Bertz CT molecular complexity index is 1410. The number of hydrogen-bond acceptors (Lipinski definition) is 8. The SMILES string of the molecule is CCn1c(=O)c2cnc(Nc3ccc(C#N)cc3)nc2n1-c1cccc(OC2CCNCC2)n1. The first kappa shape index (κ1) is 21.6. The number of hydrogen-bond donors (Lipinski definition) is 2. The molecule has 0 spiro atoms. The minimum Gasteiger partial charge on any atom is -0.474 e. The Hall–Kier alpha value is -4.23. The average molecular weight is 457 g/mol. The van der Waals surface area contributed by atoms with Gasteiger partial charge in [-0.15, -0.1) is 0 Å². The number of rotatable bonds is 6. The molecule has 34 heavy (non-hydrogen) atoms. The van der Waals surface area contributed by atoms with Gasteiger partial charge in [-0.25, -0.2) is 14.3 Å². The van der Waals surface area contributed by atoms with Gasteiger partial charge in [0.2, 0.25) is 11.8 Å². The zero-order valence-electron chi connectivity index (χ0n) is 18.7. The summed E-state index contributed by atoms with van der Waals surface area (Å²) in [5.74, 6) is 1.40. The molecule has 1 saturated heterocycles. The van der Waals surface area contributed by atoms with Crippen LogP contribution < -0.4 is 20.9 Å². The van der Waals surface area contributed by atoms with Crippen LogP contribution in [0.5, 0.6) is 5.88 Å². The lowest BCUT2D eigenvalue weighted by atomic mass is 10.1. The molecule has 3 aromatic heterocycles. The smallest absolute Gasteiger partial charge is 0.278 e. The Balaban J connectivity index is 1.53. The molecule has 1 fully saturated rings. The van der Waals surface area contributed by atoms with E-state index < -0.39 is 0 Å². The zero-order valence-corrected chi connectivity index (χ0v) is 18.7. The molecule has 0 radical (unpaired) electrons. The molecular weight excluding hydrogens is 432 g/mol. The molecule has 1 aliphatic heterocycles. The zero-order chi connectivity index (χ0) is 23.5. The van der Waals surface area contributed by atoms with Crippen LogP contribution in [-0.2, 0) is 6.54 Å². The predicted octanol–water partition coefficient (Wildman–Crippen LogP) is 2.74. The maximum atomic E-state index is 13.0. The third-order valence-electron chi connectivity index (χ3n) is 5.74. The molecule has 0 amide bonds. The van der Waals surface area contributed by atoms with Crippen molar-refractivity contribution in [3.8, 4) is 17.8 Å². The third-order valence-corrected chi connectivity index (χ3v) is 5.74. The van der Waals surface area contributed by atoms with Crippen LogP contribution in [0.1, 0.15) is 25.3 Å². The minimum absolute atomic E-state index is 0.115. The molecule has 172 valence electrons. The van der Waals surface area contributed by atoms with E-state index in [1.54, 1.807) is 33.6 Å². The van der Waals surface area contributed by atoms with Crippen molar-refractivity contribution < 1.29 is 4.74 Å². The maximum absolute atomic E-state index is 13.0. The van der Waals surface area contributed by atoms with Gasteiger partial charge in [0.1, 0.15) is 11.5 Å². The van der Waals surface area contributed by atoms with Crippen molar-refractivity contribution in [2.45, 2.75) is 32.4 Å². The molecule has 10 nitrogen and oxygen atoms in total. The number of nitriles is 1. The average Bonchev–Trinajstić information content (AvgIpc) is 3.16. The minimum atomic E-state index is -0.186. The Kier molecular flexibility index (Phi) is 5.93. The van der Waals surface area contributed by atoms with Crippen LogP contribution in [0.25, 0.3) is 16.9 Å². The number of fused-ring (bicyclic) bond motifs is 1. The van der Waals surface area contributed by atoms with Crippen LogP contribution in [0.15, 0.2) is 53.5 Å². The number of nitrogens with one attached hydrogen (secondary N) is 2. The van der Waals surface area contributed by atoms with Crippen LogP contribution >= 0.6 is 0 Å². The van der Waals surface area contributed by atoms with E-state index in [-0.39, 0.29) is 11.7 Å². The highest BCUT2D eigenvalue weighted by atomic mass is 16.5. The summed E-state index contributed by atoms with van der Waals surface area (Å²) in [6, 6.07) is 14.6. The molecule has 0 unspecified atom stereocenters. The molecule has 0 atom stereocenters. The second kappa shape index (κ2) is 9.33. The lowest BCUT2D eigenvalue weighted by Gasteiger charge is -2.23. The maximum Gasteiger partial charge on any atom is 0.278 e. The van der Waals surface area contributed by atoms with Gasteiger partial charge in [0, 0.05) is 24.5 Å². The molecule has 4 aromatic rings. The second-order valence-electron chi connectivity index (χ2n) is 7.98. The third kappa shape index (κ3) is 4.21. The van der Waals surface area contributed by atoms with Gasteiger partial charge in [-0.2, -0.15) is 15.2 Å². The van der Waals surface area contributed by atoms with E-state index in [4.69, 9.17) is 15.0 Å². The number of nitrogens with zero attached hydrogens (tertiary/aromatic N) is 6. The van der Waals surface area contributed by atoms with Gasteiger partial charge in [0.15, 0.2) is 11.5 Å². The molecule has 0 aliphatic carbocycles. The van der Waals surface area contributed by atoms with Gasteiger partial charge in [-0.1, -0.05) is 6.07 Å². The van der Waals surface area contributed by atoms with Crippen LogP contribution in [0.2, 0.25) is 0 Å². The van der Waals surface area contributed by atoms with E-state index in [9.17, 15) is 4.79 Å². The molecule has 1 aromatic carbocycles. The topological polar surface area (TPSA) is 123 Å². The number of benzene rings is 1. The highest BCUT2D eigenvalue weighted by Crippen LogP contribution is 2.21. The van der Waals surface area contributed by atoms with Crippen LogP contribution in [-0.4, -0.2) is 43.5 Å². The second-order valence-corrected chi connectivity index (χ2v) is 7.98. The first-order valence-electron chi connectivity index (χ1n) is 11.3. The lowest BCUT2D eigenvalue weighted by molar-refractivity contribution is 0.156. The van der Waals surface area contributed by atoms with Crippen LogP contribution in [0.4, 0.5) is 11.6 Å². The van der Waals surface area contributed by atoms with Gasteiger partial charge in [-0.05, 0) is 63.2 Å². The summed E-state index contributed by atoms with van der Waals surface area (Å²) in [7, 11) is 0. The van der Waals surface area contributed by atoms with E-state index in [2.05, 4.69) is 26.7 Å². The summed E-state index contributed by atoms with van der Waals surface area (Å²) in [4.78, 5) is 26.7. The number of pyridine rings is 1. The largest absolute Gasteiger partial charge is 0.474 e. The highest BCUT2D eigenvalue weighted by molar-refractivity contribution is 5.77. The van der Waals surface area contributed by atoms with Crippen molar-refractivity contribution >= 4 is 22.7 Å². The van der Waals surface area contributed by atoms with Gasteiger partial charge in [-0.3, -0.25) is 4.79 Å². The van der Waals surface area contributed by atoms with Crippen molar-refractivity contribution in [3.05, 3.63) is 64.6 Å². The van der Waals surface area contributed by atoms with Gasteiger partial charge < -0.3 is 15.4 Å². The molecule has 10 heteroatoms. The Labute approximate surface area is 195 Å². The number of anilines is 2. The van der Waals surface area contributed by atoms with E-state index in [0.29, 0.717) is 40.8 Å². The fourth-order valence-electron chi connectivity index (χ4n) is 4.04. The summed E-state index contributed by atoms with van der Waals surface area (Å²) in [5.41, 5.74) is 1.56. The van der Waals surface area contributed by atoms with Crippen molar-refractivity contribution in [1.29, 1.82) is 5.26 Å². The summed E-state index contributed by atoms with van der Waals surface area (Å²) in [6.45, 7) is 4.19. The highest BCUT2D eigenvalue weighted by Gasteiger charge is 2.19. The fourth-order valence-corrected chi connectivity index (χ4v) is 4.04. The summed E-state index contributed by atoms with van der Waals surface area (Å²) in [6.07, 6.45) is 3.49. The van der Waals surface area contributed by atoms with Crippen molar-refractivity contribution in [3.63, 3.8) is 0 Å². The Morgan fingerprint density at radius 1 is 1.18 bits per heavy atom. The molecular formula is C24H24N8O2. The fraction of sp³-hybridized carbons (Fsp3) is 0.292. The van der Waals surface area contributed by atoms with E-state index in [1.165, 1.54) is 6.20 Å². The molecule has 0 bridgehead atoms. The quantitative estimate of drug-likeness (QED) is 0.454. The molecule has 0 saturated carbocycles. The lowest BCUT2D eigenvalue weighted by Crippen LogP contribution is -2.34. The summed E-state index contributed by atoms with van der Waals surface area (Å²) < 4.78 is 9.40. The normalized spacial score (nSPS) is 14.1. The first-order valence-corrected chi connectivity index (χ1v) is 11.3. The van der Waals surface area contributed by atoms with E-state index in [1.807, 2.05) is 25.1 Å². The van der Waals surface area contributed by atoms with E-state index in [0.717, 1.165) is 31.6 Å². The Morgan fingerprint density at radius 3 is 2.71 bits per heavy atom. The van der Waals surface area contributed by atoms with Gasteiger partial charge >= 0.3 is 0 Å². The number of piperidine rings is 1. The van der Waals surface area contributed by atoms with Crippen molar-refractivity contribution in [2.24, 2.45) is 0 Å². The van der Waals surface area contributed by atoms with Crippen molar-refractivity contribution in [2.75, 3.05) is 18.4 Å². The predicted molar refractivity (Wildman–Crippen MR) is 128 cm³/mol.